The second-order valence-electron chi connectivity index (χ2n) is 6.78. The van der Waals surface area contributed by atoms with E-state index < -0.39 is 5.60 Å². The molecule has 0 bridgehead atoms. The molecule has 2 N–H and O–H groups in total. The largest absolute Gasteiger partial charge is 0.393 e. The van der Waals surface area contributed by atoms with E-state index in [1.54, 1.807) is 0 Å². The van der Waals surface area contributed by atoms with Gasteiger partial charge in [0.1, 0.15) is 0 Å². The predicted molar refractivity (Wildman–Crippen MR) is 73.4 cm³/mol. The van der Waals surface area contributed by atoms with Crippen LogP contribution in [0.5, 0.6) is 0 Å². The van der Waals surface area contributed by atoms with Crippen molar-refractivity contribution in [2.24, 2.45) is 11.8 Å². The molecular formula is C15H29NO2. The quantitative estimate of drug-likeness (QED) is 0.808. The zero-order valence-electron chi connectivity index (χ0n) is 11.9. The van der Waals surface area contributed by atoms with Gasteiger partial charge in [0.2, 0.25) is 0 Å². The Morgan fingerprint density at radius 3 is 2.72 bits per heavy atom. The van der Waals surface area contributed by atoms with Crippen molar-refractivity contribution in [2.75, 3.05) is 19.6 Å². The van der Waals surface area contributed by atoms with Crippen molar-refractivity contribution in [3.63, 3.8) is 0 Å². The van der Waals surface area contributed by atoms with E-state index in [1.807, 2.05) is 6.92 Å². The van der Waals surface area contributed by atoms with E-state index in [0.717, 1.165) is 38.4 Å². The topological polar surface area (TPSA) is 43.7 Å². The lowest BCUT2D eigenvalue weighted by Crippen LogP contribution is -2.39. The summed E-state index contributed by atoms with van der Waals surface area (Å²) in [4.78, 5) is 2.34. The van der Waals surface area contributed by atoms with Gasteiger partial charge in [-0.2, -0.15) is 0 Å². The van der Waals surface area contributed by atoms with E-state index >= 15 is 0 Å². The molecule has 1 aliphatic heterocycles. The van der Waals surface area contributed by atoms with Crippen LogP contribution in [0.15, 0.2) is 0 Å². The maximum Gasteiger partial charge on any atom is 0.0758 e. The van der Waals surface area contributed by atoms with Crippen molar-refractivity contribution < 1.29 is 10.2 Å². The second kappa shape index (κ2) is 5.89. The highest BCUT2D eigenvalue weighted by Gasteiger charge is 2.35. The fourth-order valence-electron chi connectivity index (χ4n) is 3.74. The van der Waals surface area contributed by atoms with Crippen LogP contribution < -0.4 is 0 Å². The maximum absolute atomic E-state index is 10.2. The van der Waals surface area contributed by atoms with Gasteiger partial charge in [0.25, 0.3) is 0 Å². The normalized spacial score (nSPS) is 42.3. The smallest absolute Gasteiger partial charge is 0.0758 e. The molecule has 0 spiro atoms. The van der Waals surface area contributed by atoms with E-state index in [0.29, 0.717) is 5.92 Å². The van der Waals surface area contributed by atoms with E-state index in [9.17, 15) is 10.2 Å². The molecule has 2 aliphatic rings. The van der Waals surface area contributed by atoms with Crippen LogP contribution in [0.2, 0.25) is 0 Å². The summed E-state index contributed by atoms with van der Waals surface area (Å²) in [5, 5.41) is 20.1. The van der Waals surface area contributed by atoms with Crippen LogP contribution in [0.1, 0.15) is 52.4 Å². The number of aliphatic hydroxyl groups is 2. The molecule has 18 heavy (non-hydrogen) atoms. The first-order valence-electron chi connectivity index (χ1n) is 7.63. The fourth-order valence-corrected chi connectivity index (χ4v) is 3.74. The van der Waals surface area contributed by atoms with E-state index in [2.05, 4.69) is 11.8 Å². The number of nitrogens with zero attached hydrogens (tertiary/aromatic N) is 1. The van der Waals surface area contributed by atoms with E-state index in [4.69, 9.17) is 0 Å². The van der Waals surface area contributed by atoms with E-state index in [1.165, 1.54) is 25.7 Å². The van der Waals surface area contributed by atoms with Crippen LogP contribution in [-0.2, 0) is 0 Å². The van der Waals surface area contributed by atoms with Crippen LogP contribution in [-0.4, -0.2) is 46.5 Å². The molecule has 0 amide bonds. The Hall–Kier alpha value is -0.120. The number of hydrogen-bond acceptors (Lipinski definition) is 3. The molecule has 1 aliphatic carbocycles. The molecule has 106 valence electrons. The number of hydrogen-bond donors (Lipinski definition) is 2. The summed E-state index contributed by atoms with van der Waals surface area (Å²) >= 11 is 0. The van der Waals surface area contributed by atoms with Gasteiger partial charge < -0.3 is 15.1 Å². The van der Waals surface area contributed by atoms with Crippen LogP contribution in [0, 0.1) is 11.8 Å². The summed E-state index contributed by atoms with van der Waals surface area (Å²) in [5.41, 5.74) is -0.511. The van der Waals surface area contributed by atoms with Gasteiger partial charge in [-0.3, -0.25) is 0 Å². The molecule has 0 radical (unpaired) electrons. The van der Waals surface area contributed by atoms with Crippen molar-refractivity contribution in [2.45, 2.75) is 64.1 Å². The minimum absolute atomic E-state index is 0.122. The summed E-state index contributed by atoms with van der Waals surface area (Å²) in [6.07, 6.45) is 6.65. The first-order valence-corrected chi connectivity index (χ1v) is 7.63. The van der Waals surface area contributed by atoms with Crippen molar-refractivity contribution >= 4 is 0 Å². The third-order valence-electron chi connectivity index (χ3n) is 4.77. The van der Waals surface area contributed by atoms with Gasteiger partial charge in [-0.1, -0.05) is 19.8 Å². The lowest BCUT2D eigenvalue weighted by atomic mass is 9.77. The summed E-state index contributed by atoms with van der Waals surface area (Å²) in [5.74, 6) is 1.23. The molecular weight excluding hydrogens is 226 g/mol. The Balaban J connectivity index is 1.83. The molecule has 0 aromatic rings. The van der Waals surface area contributed by atoms with Gasteiger partial charge in [0, 0.05) is 19.6 Å². The van der Waals surface area contributed by atoms with Crippen molar-refractivity contribution in [3.05, 3.63) is 0 Å². The van der Waals surface area contributed by atoms with E-state index in [-0.39, 0.29) is 6.10 Å². The highest BCUT2D eigenvalue weighted by molar-refractivity contribution is 4.89. The Bertz CT molecular complexity index is 267. The third kappa shape index (κ3) is 3.69. The Morgan fingerprint density at radius 2 is 2.11 bits per heavy atom. The van der Waals surface area contributed by atoms with Crippen molar-refractivity contribution in [3.8, 4) is 0 Å². The summed E-state index contributed by atoms with van der Waals surface area (Å²) in [7, 11) is 0. The molecule has 3 heteroatoms. The zero-order valence-corrected chi connectivity index (χ0v) is 11.9. The van der Waals surface area contributed by atoms with Crippen LogP contribution >= 0.6 is 0 Å². The van der Waals surface area contributed by atoms with Gasteiger partial charge in [-0.05, 0) is 44.4 Å². The molecule has 0 aromatic heterocycles. The van der Waals surface area contributed by atoms with Gasteiger partial charge in [0.15, 0.2) is 0 Å². The van der Waals surface area contributed by atoms with Crippen LogP contribution in [0.4, 0.5) is 0 Å². The Kier molecular flexibility index (Phi) is 4.68. The minimum atomic E-state index is -0.511. The molecule has 2 rings (SSSR count). The lowest BCUT2D eigenvalue weighted by Gasteiger charge is -2.35. The standard InChI is InChI=1S/C15H29NO2/c1-3-4-12-5-6-14(17)13(9-12)10-16-8-7-15(2,18)11-16/h12-14,17-18H,3-11H2,1-2H3. The number of likely N-dealkylation sites (tertiary alicyclic amines) is 1. The summed E-state index contributed by atoms with van der Waals surface area (Å²) in [6, 6.07) is 0. The number of aliphatic hydroxyl groups excluding tert-OH is 1. The SMILES string of the molecule is CCCC1CCC(O)C(CN2CCC(C)(O)C2)C1. The first kappa shape index (κ1) is 14.3. The van der Waals surface area contributed by atoms with Crippen LogP contribution in [0.3, 0.4) is 0 Å². The minimum Gasteiger partial charge on any atom is -0.393 e. The number of β-amino-alcohol motifs (C(OH)–C–C–N with tert-alkyl or cyclic N) is 1. The fraction of sp³-hybridized carbons (Fsp3) is 1.00. The number of rotatable bonds is 4. The molecule has 0 aromatic carbocycles. The van der Waals surface area contributed by atoms with Crippen LogP contribution in [0.25, 0.3) is 0 Å². The molecule has 4 unspecified atom stereocenters. The summed E-state index contributed by atoms with van der Waals surface area (Å²) in [6.45, 7) is 6.89. The molecule has 2 fully saturated rings. The molecule has 1 heterocycles. The Labute approximate surface area is 111 Å². The highest BCUT2D eigenvalue weighted by atomic mass is 16.3. The monoisotopic (exact) mass is 255 g/mol. The van der Waals surface area contributed by atoms with Gasteiger partial charge in [-0.25, -0.2) is 0 Å². The van der Waals surface area contributed by atoms with Crippen molar-refractivity contribution in [1.82, 2.24) is 4.90 Å². The van der Waals surface area contributed by atoms with Crippen molar-refractivity contribution in [1.29, 1.82) is 0 Å². The average Bonchev–Trinajstić information content (AvgIpc) is 2.63. The predicted octanol–water partition coefficient (Wildman–Crippen LogP) is 2.02. The zero-order chi connectivity index (χ0) is 13.2. The first-order chi connectivity index (χ1) is 8.50. The molecule has 4 atom stereocenters. The highest BCUT2D eigenvalue weighted by Crippen LogP contribution is 2.33. The van der Waals surface area contributed by atoms with Gasteiger partial charge >= 0.3 is 0 Å². The molecule has 1 saturated heterocycles. The lowest BCUT2D eigenvalue weighted by molar-refractivity contribution is 0.0206. The third-order valence-corrected chi connectivity index (χ3v) is 4.77. The maximum atomic E-state index is 10.2. The summed E-state index contributed by atoms with van der Waals surface area (Å²) < 4.78 is 0. The average molecular weight is 255 g/mol. The second-order valence-corrected chi connectivity index (χ2v) is 6.78. The van der Waals surface area contributed by atoms with Gasteiger partial charge in [-0.15, -0.1) is 0 Å². The molecule has 1 saturated carbocycles. The Morgan fingerprint density at radius 1 is 1.33 bits per heavy atom. The van der Waals surface area contributed by atoms with Gasteiger partial charge in [0.05, 0.1) is 11.7 Å². The molecule has 3 nitrogen and oxygen atoms in total.